The molecule has 8 atom stereocenters. The van der Waals surface area contributed by atoms with Crippen LogP contribution >= 0.6 is 0 Å². The molecule has 4 heteroatoms. The molecule has 204 valence electrons. The quantitative estimate of drug-likeness (QED) is 0.322. The zero-order chi connectivity index (χ0) is 27.1. The predicted molar refractivity (Wildman–Crippen MR) is 148 cm³/mol. The van der Waals surface area contributed by atoms with Crippen LogP contribution in [0.15, 0.2) is 48.6 Å². The lowest BCUT2D eigenvalue weighted by atomic mass is 9.70. The lowest BCUT2D eigenvalue weighted by molar-refractivity contribution is -0.185. The second kappa shape index (κ2) is 10.6. The fourth-order valence-electron chi connectivity index (χ4n) is 7.84. The van der Waals surface area contributed by atoms with Gasteiger partial charge in [-0.1, -0.05) is 91.8 Å². The van der Waals surface area contributed by atoms with Crippen molar-refractivity contribution in [2.75, 3.05) is 0 Å². The Labute approximate surface area is 224 Å². The Morgan fingerprint density at radius 2 is 1.03 bits per heavy atom. The first kappa shape index (κ1) is 27.9. The van der Waals surface area contributed by atoms with Crippen LogP contribution in [-0.4, -0.2) is 23.1 Å². The van der Waals surface area contributed by atoms with Crippen LogP contribution < -0.4 is 0 Å². The molecule has 0 spiro atoms. The number of fused-ring (bicyclic) bond motifs is 2. The fourth-order valence-corrected chi connectivity index (χ4v) is 7.84. The SMILES string of the molecule is CC(C)C1C=CC=CC1(OC(=O)C1C2CCC(C2)C1C(=O)OC1(C(C)C)C=CC=CC1C(C)C)C(C)C. The summed E-state index contributed by atoms with van der Waals surface area (Å²) in [4.78, 5) is 28.1. The Morgan fingerprint density at radius 3 is 1.35 bits per heavy atom. The minimum Gasteiger partial charge on any atom is -0.454 e. The number of carbonyl (C=O) groups is 2. The van der Waals surface area contributed by atoms with Gasteiger partial charge in [-0.25, -0.2) is 0 Å². The fraction of sp³-hybridized carbons (Fsp3) is 0.697. The van der Waals surface area contributed by atoms with E-state index in [-0.39, 0.29) is 47.4 Å². The Bertz CT molecular complexity index is 904. The highest BCUT2D eigenvalue weighted by atomic mass is 16.6. The van der Waals surface area contributed by atoms with Gasteiger partial charge in [0.15, 0.2) is 0 Å². The number of ether oxygens (including phenoxy) is 2. The highest BCUT2D eigenvalue weighted by Crippen LogP contribution is 2.55. The third-order valence-corrected chi connectivity index (χ3v) is 9.87. The summed E-state index contributed by atoms with van der Waals surface area (Å²) >= 11 is 0. The topological polar surface area (TPSA) is 52.6 Å². The molecule has 0 aromatic rings. The molecule has 0 N–H and O–H groups in total. The molecule has 4 rings (SSSR count). The van der Waals surface area contributed by atoms with E-state index in [0.29, 0.717) is 11.8 Å². The van der Waals surface area contributed by atoms with Gasteiger partial charge in [0.1, 0.15) is 11.2 Å². The number of carbonyl (C=O) groups excluding carboxylic acids is 2. The summed E-state index contributed by atoms with van der Waals surface area (Å²) in [6.45, 7) is 17.2. The normalized spacial score (nSPS) is 38.4. The maximum Gasteiger partial charge on any atom is 0.311 e. The van der Waals surface area contributed by atoms with Gasteiger partial charge in [-0.15, -0.1) is 0 Å². The lowest BCUT2D eigenvalue weighted by Gasteiger charge is -2.45. The summed E-state index contributed by atoms with van der Waals surface area (Å²) in [7, 11) is 0. The van der Waals surface area contributed by atoms with Gasteiger partial charge in [-0.3, -0.25) is 9.59 Å². The minimum atomic E-state index is -0.699. The van der Waals surface area contributed by atoms with E-state index >= 15 is 0 Å². The van der Waals surface area contributed by atoms with E-state index in [2.05, 4.69) is 91.8 Å². The van der Waals surface area contributed by atoms with Crippen LogP contribution in [0, 0.1) is 59.2 Å². The number of allylic oxidation sites excluding steroid dienone is 4. The number of rotatable bonds is 8. The smallest absolute Gasteiger partial charge is 0.311 e. The molecule has 8 unspecified atom stereocenters. The van der Waals surface area contributed by atoms with Crippen molar-refractivity contribution in [3.63, 3.8) is 0 Å². The molecular formula is C33H48O4. The molecule has 37 heavy (non-hydrogen) atoms. The number of hydrogen-bond acceptors (Lipinski definition) is 4. The maximum absolute atomic E-state index is 14.1. The van der Waals surface area contributed by atoms with Crippen LogP contribution in [0.25, 0.3) is 0 Å². The molecule has 2 fully saturated rings. The van der Waals surface area contributed by atoms with Gasteiger partial charge in [0.2, 0.25) is 0 Å². The van der Waals surface area contributed by atoms with Gasteiger partial charge in [0.25, 0.3) is 0 Å². The Morgan fingerprint density at radius 1 is 0.649 bits per heavy atom. The van der Waals surface area contributed by atoms with Crippen molar-refractivity contribution in [3.05, 3.63) is 48.6 Å². The lowest BCUT2D eigenvalue weighted by Crippen LogP contribution is -2.52. The number of hydrogen-bond donors (Lipinski definition) is 0. The van der Waals surface area contributed by atoms with E-state index in [1.807, 2.05) is 12.2 Å². The largest absolute Gasteiger partial charge is 0.454 e. The Balaban J connectivity index is 1.62. The van der Waals surface area contributed by atoms with Crippen molar-refractivity contribution in [1.29, 1.82) is 0 Å². The molecule has 0 aromatic carbocycles. The standard InChI is InChI=1S/C33H48O4/c1-20(2)26-13-9-11-17-32(26,22(5)6)36-30(34)28-24-15-16-25(19-24)29(28)31(35)37-33(23(7)8)18-12-10-14-27(33)21(3)4/h9-14,17-18,20-29H,15-16,19H2,1-8H3. The van der Waals surface area contributed by atoms with Crippen molar-refractivity contribution in [3.8, 4) is 0 Å². The second-order valence-corrected chi connectivity index (χ2v) is 13.3. The van der Waals surface area contributed by atoms with Gasteiger partial charge in [-0.05, 0) is 66.9 Å². The molecule has 0 radical (unpaired) electrons. The van der Waals surface area contributed by atoms with Gasteiger partial charge >= 0.3 is 11.9 Å². The van der Waals surface area contributed by atoms with Crippen LogP contribution in [0.4, 0.5) is 0 Å². The molecule has 0 amide bonds. The molecular weight excluding hydrogens is 460 g/mol. The monoisotopic (exact) mass is 508 g/mol. The summed E-state index contributed by atoms with van der Waals surface area (Å²) in [5.74, 6) is 0.157. The Hall–Kier alpha value is -2.10. The van der Waals surface area contributed by atoms with Crippen molar-refractivity contribution in [2.24, 2.45) is 59.2 Å². The zero-order valence-electron chi connectivity index (χ0n) is 24.1. The van der Waals surface area contributed by atoms with E-state index in [4.69, 9.17) is 9.47 Å². The van der Waals surface area contributed by atoms with Crippen molar-refractivity contribution >= 4 is 11.9 Å². The van der Waals surface area contributed by atoms with E-state index in [1.165, 1.54) is 0 Å². The average molecular weight is 509 g/mol. The van der Waals surface area contributed by atoms with Gasteiger partial charge in [0.05, 0.1) is 11.8 Å². The highest BCUT2D eigenvalue weighted by molar-refractivity contribution is 5.84. The zero-order valence-corrected chi connectivity index (χ0v) is 24.1. The molecule has 2 bridgehead atoms. The van der Waals surface area contributed by atoms with E-state index in [1.54, 1.807) is 0 Å². The first-order valence-corrected chi connectivity index (χ1v) is 14.6. The second-order valence-electron chi connectivity index (χ2n) is 13.3. The third-order valence-electron chi connectivity index (χ3n) is 9.87. The maximum atomic E-state index is 14.1. The summed E-state index contributed by atoms with van der Waals surface area (Å²) in [6.07, 6.45) is 19.5. The summed E-state index contributed by atoms with van der Waals surface area (Å²) in [6, 6.07) is 0. The molecule has 4 aliphatic rings. The first-order valence-electron chi connectivity index (χ1n) is 14.6. The van der Waals surface area contributed by atoms with Crippen LogP contribution in [-0.2, 0) is 19.1 Å². The minimum absolute atomic E-state index is 0.0978. The predicted octanol–water partition coefficient (Wildman–Crippen LogP) is 7.32. The average Bonchev–Trinajstić information content (AvgIpc) is 3.46. The first-order chi connectivity index (χ1) is 17.4. The van der Waals surface area contributed by atoms with Crippen LogP contribution in [0.1, 0.15) is 74.7 Å². The van der Waals surface area contributed by atoms with Crippen molar-refractivity contribution in [2.45, 2.75) is 85.9 Å². The van der Waals surface area contributed by atoms with E-state index in [9.17, 15) is 9.59 Å². The summed E-state index contributed by atoms with van der Waals surface area (Å²) in [5, 5.41) is 0. The van der Waals surface area contributed by atoms with Gasteiger partial charge in [-0.2, -0.15) is 0 Å². The van der Waals surface area contributed by atoms with E-state index < -0.39 is 23.0 Å². The third kappa shape index (κ3) is 4.79. The molecule has 4 aliphatic carbocycles. The van der Waals surface area contributed by atoms with Gasteiger partial charge in [0, 0.05) is 11.8 Å². The molecule has 4 nitrogen and oxygen atoms in total. The molecule has 0 aromatic heterocycles. The van der Waals surface area contributed by atoms with Crippen LogP contribution in [0.5, 0.6) is 0 Å². The molecule has 0 heterocycles. The molecule has 2 saturated carbocycles. The highest BCUT2D eigenvalue weighted by Gasteiger charge is 2.58. The molecule has 0 saturated heterocycles. The summed E-state index contributed by atoms with van der Waals surface area (Å²) in [5.41, 5.74) is -1.40. The van der Waals surface area contributed by atoms with Crippen LogP contribution in [0.3, 0.4) is 0 Å². The van der Waals surface area contributed by atoms with E-state index in [0.717, 1.165) is 19.3 Å². The summed E-state index contributed by atoms with van der Waals surface area (Å²) < 4.78 is 13.1. The van der Waals surface area contributed by atoms with Crippen molar-refractivity contribution < 1.29 is 19.1 Å². The van der Waals surface area contributed by atoms with Crippen LogP contribution in [0.2, 0.25) is 0 Å². The van der Waals surface area contributed by atoms with Gasteiger partial charge < -0.3 is 9.47 Å². The Kier molecular flexibility index (Phi) is 7.98. The molecule has 0 aliphatic heterocycles. The van der Waals surface area contributed by atoms with Crippen molar-refractivity contribution in [1.82, 2.24) is 0 Å². The number of esters is 2.